The maximum Gasteiger partial charge on any atom is 0.416 e. The van der Waals surface area contributed by atoms with Crippen molar-refractivity contribution in [3.63, 3.8) is 0 Å². The Bertz CT molecular complexity index is 1030. The van der Waals surface area contributed by atoms with Crippen molar-refractivity contribution in [3.8, 4) is 11.3 Å². The van der Waals surface area contributed by atoms with Crippen molar-refractivity contribution < 1.29 is 31.2 Å². The molecule has 0 aliphatic rings. The number of carbonyl (C=O) groups is 1. The highest BCUT2D eigenvalue weighted by molar-refractivity contribution is 5.92. The van der Waals surface area contributed by atoms with Crippen LogP contribution in [0.5, 0.6) is 0 Å². The van der Waals surface area contributed by atoms with E-state index in [2.05, 4.69) is 5.32 Å². The fourth-order valence-corrected chi connectivity index (χ4v) is 2.73. The fourth-order valence-electron chi connectivity index (χ4n) is 2.73. The zero-order valence-corrected chi connectivity index (χ0v) is 15.4. The zero-order chi connectivity index (χ0) is 21.3. The molecule has 3 nitrogen and oxygen atoms in total. The molecular formula is C21H16F5NO2. The molecule has 0 unspecified atom stereocenters. The van der Waals surface area contributed by atoms with E-state index in [1.54, 1.807) is 0 Å². The van der Waals surface area contributed by atoms with Crippen molar-refractivity contribution in [2.24, 2.45) is 0 Å². The maximum atomic E-state index is 13.7. The molecule has 0 fully saturated rings. The minimum absolute atomic E-state index is 0.0846. The molecule has 0 aliphatic carbocycles. The Kier molecular flexibility index (Phi) is 5.46. The van der Waals surface area contributed by atoms with Gasteiger partial charge in [-0.05, 0) is 55.8 Å². The third-order valence-corrected chi connectivity index (χ3v) is 4.46. The highest BCUT2D eigenvalue weighted by Gasteiger charge is 2.30. The molecule has 1 aromatic heterocycles. The van der Waals surface area contributed by atoms with E-state index in [4.69, 9.17) is 4.42 Å². The van der Waals surface area contributed by atoms with Gasteiger partial charge in [-0.2, -0.15) is 13.2 Å². The normalized spacial score (nSPS) is 12.7. The minimum Gasteiger partial charge on any atom is -0.451 e. The molecule has 0 bridgehead atoms. The second-order valence-electron chi connectivity index (χ2n) is 6.55. The third-order valence-electron chi connectivity index (χ3n) is 4.46. The maximum absolute atomic E-state index is 13.7. The lowest BCUT2D eigenvalue weighted by Gasteiger charge is -2.14. The van der Waals surface area contributed by atoms with Gasteiger partial charge in [-0.1, -0.05) is 12.1 Å². The summed E-state index contributed by atoms with van der Waals surface area (Å²) in [6.45, 7) is 2.84. The lowest BCUT2D eigenvalue weighted by atomic mass is 10.1. The van der Waals surface area contributed by atoms with Crippen LogP contribution in [0.1, 0.15) is 40.2 Å². The Balaban J connectivity index is 1.78. The summed E-state index contributed by atoms with van der Waals surface area (Å²) in [5.74, 6) is -2.19. The van der Waals surface area contributed by atoms with Gasteiger partial charge >= 0.3 is 6.18 Å². The van der Waals surface area contributed by atoms with E-state index in [-0.39, 0.29) is 28.2 Å². The van der Waals surface area contributed by atoms with Crippen LogP contribution in [0, 0.1) is 18.6 Å². The molecule has 3 rings (SSSR count). The summed E-state index contributed by atoms with van der Waals surface area (Å²) in [7, 11) is 0. The molecule has 0 spiro atoms. The molecule has 1 amide bonds. The Morgan fingerprint density at radius 2 is 1.69 bits per heavy atom. The van der Waals surface area contributed by atoms with Gasteiger partial charge in [0.1, 0.15) is 17.4 Å². The van der Waals surface area contributed by atoms with E-state index in [1.807, 2.05) is 0 Å². The molecule has 0 saturated heterocycles. The van der Waals surface area contributed by atoms with Gasteiger partial charge in [0.25, 0.3) is 5.91 Å². The van der Waals surface area contributed by atoms with Gasteiger partial charge in [-0.3, -0.25) is 4.79 Å². The van der Waals surface area contributed by atoms with Gasteiger partial charge in [0.15, 0.2) is 5.76 Å². The molecule has 1 heterocycles. The molecule has 2 aromatic carbocycles. The highest BCUT2D eigenvalue weighted by atomic mass is 19.4. The number of halogens is 5. The number of nitrogens with one attached hydrogen (secondary N) is 1. The van der Waals surface area contributed by atoms with Gasteiger partial charge in [0.05, 0.1) is 11.6 Å². The SMILES string of the molecule is Cc1c(F)cc([C@H](C)NC(=O)c2ccc(-c3cccc(C(F)(F)F)c3)o2)cc1F. The lowest BCUT2D eigenvalue weighted by molar-refractivity contribution is -0.137. The minimum atomic E-state index is -4.50. The van der Waals surface area contributed by atoms with Crippen LogP contribution in [0.15, 0.2) is 52.9 Å². The first-order valence-corrected chi connectivity index (χ1v) is 8.60. The van der Waals surface area contributed by atoms with Crippen molar-refractivity contribution in [1.82, 2.24) is 5.32 Å². The number of benzene rings is 2. The van der Waals surface area contributed by atoms with E-state index in [0.29, 0.717) is 0 Å². The number of carbonyl (C=O) groups excluding carboxylic acids is 1. The number of hydrogen-bond donors (Lipinski definition) is 1. The van der Waals surface area contributed by atoms with Crippen LogP contribution >= 0.6 is 0 Å². The standard InChI is InChI=1S/C21H16F5NO2/c1-11-16(22)9-14(10-17(11)23)12(2)27-20(28)19-7-6-18(29-19)13-4-3-5-15(8-13)21(24,25)26/h3-10,12H,1-2H3,(H,27,28)/t12-/m0/s1. The number of furan rings is 1. The highest BCUT2D eigenvalue weighted by Crippen LogP contribution is 2.32. The zero-order valence-electron chi connectivity index (χ0n) is 15.4. The summed E-state index contributed by atoms with van der Waals surface area (Å²) in [6.07, 6.45) is -4.50. The Labute approximate surface area is 163 Å². The van der Waals surface area contributed by atoms with Crippen LogP contribution in [0.25, 0.3) is 11.3 Å². The Morgan fingerprint density at radius 1 is 1.03 bits per heavy atom. The van der Waals surface area contributed by atoms with Crippen molar-refractivity contribution >= 4 is 5.91 Å². The van der Waals surface area contributed by atoms with Gasteiger partial charge in [0, 0.05) is 11.1 Å². The smallest absolute Gasteiger partial charge is 0.416 e. The molecule has 8 heteroatoms. The average molecular weight is 409 g/mol. The van der Waals surface area contributed by atoms with Crippen LogP contribution < -0.4 is 5.32 Å². The first-order chi connectivity index (χ1) is 13.6. The Morgan fingerprint density at radius 3 is 2.31 bits per heavy atom. The molecule has 1 atom stereocenters. The molecule has 152 valence electrons. The second kappa shape index (κ2) is 7.69. The quantitative estimate of drug-likeness (QED) is 0.534. The predicted octanol–water partition coefficient (Wildman–Crippen LogP) is 6.04. The first-order valence-electron chi connectivity index (χ1n) is 8.60. The molecule has 0 saturated carbocycles. The number of rotatable bonds is 4. The van der Waals surface area contributed by atoms with Gasteiger partial charge < -0.3 is 9.73 Å². The number of alkyl halides is 3. The van der Waals surface area contributed by atoms with Crippen LogP contribution in [-0.2, 0) is 6.18 Å². The van der Waals surface area contributed by atoms with E-state index < -0.39 is 35.3 Å². The number of hydrogen-bond acceptors (Lipinski definition) is 2. The molecule has 0 aliphatic heterocycles. The first kappa shape index (κ1) is 20.6. The van der Waals surface area contributed by atoms with E-state index in [9.17, 15) is 26.7 Å². The van der Waals surface area contributed by atoms with E-state index in [1.165, 1.54) is 38.1 Å². The molecule has 29 heavy (non-hydrogen) atoms. The molecule has 0 radical (unpaired) electrons. The summed E-state index contributed by atoms with van der Waals surface area (Å²) in [6, 6.07) is 8.73. The monoisotopic (exact) mass is 409 g/mol. The van der Waals surface area contributed by atoms with E-state index in [0.717, 1.165) is 24.3 Å². The fraction of sp³-hybridized carbons (Fsp3) is 0.190. The van der Waals surface area contributed by atoms with Crippen molar-refractivity contribution in [2.45, 2.75) is 26.1 Å². The van der Waals surface area contributed by atoms with Gasteiger partial charge in [-0.15, -0.1) is 0 Å². The second-order valence-corrected chi connectivity index (χ2v) is 6.55. The summed E-state index contributed by atoms with van der Waals surface area (Å²) in [4.78, 5) is 12.4. The van der Waals surface area contributed by atoms with Crippen LogP contribution in [-0.4, -0.2) is 5.91 Å². The largest absolute Gasteiger partial charge is 0.451 e. The summed E-state index contributed by atoms with van der Waals surface area (Å²) < 4.78 is 71.4. The lowest BCUT2D eigenvalue weighted by Crippen LogP contribution is -2.26. The van der Waals surface area contributed by atoms with Crippen molar-refractivity contribution in [2.75, 3.05) is 0 Å². The van der Waals surface area contributed by atoms with E-state index >= 15 is 0 Å². The topological polar surface area (TPSA) is 42.2 Å². The van der Waals surface area contributed by atoms with Crippen molar-refractivity contribution in [3.05, 3.63) is 82.6 Å². The van der Waals surface area contributed by atoms with Crippen molar-refractivity contribution in [1.29, 1.82) is 0 Å². The molecule has 3 aromatic rings. The van der Waals surface area contributed by atoms with Crippen LogP contribution in [0.2, 0.25) is 0 Å². The van der Waals surface area contributed by atoms with Crippen LogP contribution in [0.3, 0.4) is 0 Å². The third kappa shape index (κ3) is 4.47. The average Bonchev–Trinajstić information content (AvgIpc) is 3.15. The predicted molar refractivity (Wildman–Crippen MR) is 96.1 cm³/mol. The molecule has 1 N–H and O–H groups in total. The van der Waals surface area contributed by atoms with Crippen LogP contribution in [0.4, 0.5) is 22.0 Å². The summed E-state index contributed by atoms with van der Waals surface area (Å²) >= 11 is 0. The summed E-state index contributed by atoms with van der Waals surface area (Å²) in [5.41, 5.74) is -0.573. The van der Waals surface area contributed by atoms with Gasteiger partial charge in [0.2, 0.25) is 0 Å². The van der Waals surface area contributed by atoms with Gasteiger partial charge in [-0.25, -0.2) is 8.78 Å². The number of amides is 1. The Hall–Kier alpha value is -3.16. The summed E-state index contributed by atoms with van der Waals surface area (Å²) in [5, 5.41) is 2.54. The molecular weight excluding hydrogens is 393 g/mol.